The van der Waals surface area contributed by atoms with Crippen LogP contribution in [0.3, 0.4) is 0 Å². The van der Waals surface area contributed by atoms with Gasteiger partial charge in [-0.05, 0) is 48.5 Å². The minimum Gasteiger partial charge on any atom is -0.478 e. The fourth-order valence-electron chi connectivity index (χ4n) is 1.45. The smallest absolute Gasteiger partial charge is 0.335 e. The number of aromatic carboxylic acids is 2. The lowest BCUT2D eigenvalue weighted by molar-refractivity contribution is 0.0686. The van der Waals surface area contributed by atoms with Gasteiger partial charge in [0.15, 0.2) is 0 Å². The van der Waals surface area contributed by atoms with E-state index in [2.05, 4.69) is 12.6 Å². The molecule has 0 aliphatic rings. The highest BCUT2D eigenvalue weighted by atomic mass is 35.5. The summed E-state index contributed by atoms with van der Waals surface area (Å²) < 4.78 is 0. The van der Waals surface area contributed by atoms with Crippen molar-refractivity contribution in [3.05, 3.63) is 59.7 Å². The van der Waals surface area contributed by atoms with Crippen molar-refractivity contribution >= 4 is 47.9 Å². The van der Waals surface area contributed by atoms with Crippen LogP contribution in [-0.4, -0.2) is 33.8 Å². The van der Waals surface area contributed by atoms with E-state index in [0.29, 0.717) is 11.4 Å². The summed E-state index contributed by atoms with van der Waals surface area (Å²) in [7, 11) is 0. The summed E-state index contributed by atoms with van der Waals surface area (Å²) in [4.78, 5) is 22.6. The fraction of sp³-hybridized carbons (Fsp3) is 0.125. The van der Waals surface area contributed by atoms with Crippen LogP contribution in [0.2, 0.25) is 0 Å². The van der Waals surface area contributed by atoms with Gasteiger partial charge in [0, 0.05) is 21.4 Å². The van der Waals surface area contributed by atoms with E-state index in [1.165, 1.54) is 12.1 Å². The molecule has 0 aliphatic heterocycles. The highest BCUT2D eigenvalue weighted by Crippen LogP contribution is 2.18. The first-order chi connectivity index (χ1) is 10.9. The van der Waals surface area contributed by atoms with Crippen LogP contribution in [0.5, 0.6) is 0 Å². The molecule has 4 nitrogen and oxygen atoms in total. The number of rotatable bonds is 5. The number of hydrogen-bond donors (Lipinski definition) is 3. The predicted molar refractivity (Wildman–Crippen MR) is 95.5 cm³/mol. The Labute approximate surface area is 148 Å². The molecule has 23 heavy (non-hydrogen) atoms. The zero-order chi connectivity index (χ0) is 17.2. The molecule has 7 heteroatoms. The van der Waals surface area contributed by atoms with Crippen molar-refractivity contribution in [1.82, 2.24) is 0 Å². The van der Waals surface area contributed by atoms with Gasteiger partial charge in [-0.1, -0.05) is 0 Å². The number of carboxylic acid groups (broad SMARTS) is 2. The van der Waals surface area contributed by atoms with Crippen molar-refractivity contribution in [3.8, 4) is 0 Å². The summed E-state index contributed by atoms with van der Waals surface area (Å²) >= 11 is 11.1. The minimum atomic E-state index is -0.909. The van der Waals surface area contributed by atoms with Gasteiger partial charge in [0.1, 0.15) is 0 Å². The highest BCUT2D eigenvalue weighted by molar-refractivity contribution is 7.99. The van der Waals surface area contributed by atoms with E-state index < -0.39 is 11.9 Å². The second kappa shape index (κ2) is 10.2. The molecule has 0 saturated heterocycles. The summed E-state index contributed by atoms with van der Waals surface area (Å²) in [6.07, 6.45) is 0. The molecule has 0 aliphatic carbocycles. The average Bonchev–Trinajstić information content (AvgIpc) is 2.54. The van der Waals surface area contributed by atoms with E-state index in [-0.39, 0.29) is 5.56 Å². The van der Waals surface area contributed by atoms with Gasteiger partial charge in [0.25, 0.3) is 0 Å². The lowest BCUT2D eigenvalue weighted by atomic mass is 10.2. The van der Waals surface area contributed by atoms with Crippen molar-refractivity contribution < 1.29 is 19.8 Å². The molecule has 0 fully saturated rings. The first-order valence-electron chi connectivity index (χ1n) is 6.48. The molecular weight excluding hydrogens is 356 g/mol. The van der Waals surface area contributed by atoms with E-state index in [1.54, 1.807) is 48.2 Å². The van der Waals surface area contributed by atoms with Gasteiger partial charge in [0.2, 0.25) is 0 Å². The molecule has 2 aromatic rings. The molecule has 0 bridgehead atoms. The van der Waals surface area contributed by atoms with Crippen LogP contribution in [0.4, 0.5) is 0 Å². The quantitative estimate of drug-likeness (QED) is 0.413. The monoisotopic (exact) mass is 370 g/mol. The zero-order valence-electron chi connectivity index (χ0n) is 12.0. The third-order valence-corrected chi connectivity index (χ3v) is 4.29. The topological polar surface area (TPSA) is 74.6 Å². The molecule has 2 rings (SSSR count). The Morgan fingerprint density at radius 2 is 1.35 bits per heavy atom. The van der Waals surface area contributed by atoms with Crippen LogP contribution < -0.4 is 0 Å². The van der Waals surface area contributed by atoms with Gasteiger partial charge >= 0.3 is 11.9 Å². The summed E-state index contributed by atoms with van der Waals surface area (Å²) in [6.45, 7) is 0. The van der Waals surface area contributed by atoms with E-state index >= 15 is 0 Å². The average molecular weight is 371 g/mol. The number of halogens is 1. The second-order valence-electron chi connectivity index (χ2n) is 4.22. The van der Waals surface area contributed by atoms with Crippen LogP contribution in [-0.2, 0) is 0 Å². The molecule has 0 unspecified atom stereocenters. The fourth-order valence-corrected chi connectivity index (χ4v) is 2.48. The molecule has 122 valence electrons. The first kappa shape index (κ1) is 19.4. The van der Waals surface area contributed by atoms with Crippen molar-refractivity contribution in [3.63, 3.8) is 0 Å². The van der Waals surface area contributed by atoms with Crippen molar-refractivity contribution in [1.29, 1.82) is 0 Å². The number of carbonyl (C=O) groups is 2. The van der Waals surface area contributed by atoms with Gasteiger partial charge in [-0.15, -0.1) is 36.0 Å². The van der Waals surface area contributed by atoms with E-state index in [1.807, 2.05) is 0 Å². The molecule has 0 spiro atoms. The number of alkyl halides is 1. The molecule has 2 N–H and O–H groups in total. The summed E-state index contributed by atoms with van der Waals surface area (Å²) in [5.41, 5.74) is 0.605. The Morgan fingerprint density at radius 3 is 1.74 bits per heavy atom. The van der Waals surface area contributed by atoms with E-state index in [9.17, 15) is 9.59 Å². The molecule has 0 atom stereocenters. The zero-order valence-corrected chi connectivity index (χ0v) is 14.4. The number of thioether (sulfide) groups is 1. The van der Waals surface area contributed by atoms with Crippen LogP contribution in [0, 0.1) is 0 Å². The van der Waals surface area contributed by atoms with Gasteiger partial charge in [-0.25, -0.2) is 9.59 Å². The Morgan fingerprint density at radius 1 is 0.913 bits per heavy atom. The normalized spacial score (nSPS) is 9.65. The van der Waals surface area contributed by atoms with Gasteiger partial charge in [-0.3, -0.25) is 0 Å². The molecule has 0 saturated carbocycles. The Kier molecular flexibility index (Phi) is 8.61. The van der Waals surface area contributed by atoms with Gasteiger partial charge in [-0.2, -0.15) is 0 Å². The number of hydrogen-bond acceptors (Lipinski definition) is 4. The number of benzene rings is 2. The Bertz CT molecular complexity index is 642. The number of thiol groups is 1. The Hall–Kier alpha value is -1.63. The highest BCUT2D eigenvalue weighted by Gasteiger charge is 2.01. The summed E-state index contributed by atoms with van der Waals surface area (Å²) in [5.74, 6) is -0.360. The molecular formula is C16H15ClO4S2. The summed E-state index contributed by atoms with van der Waals surface area (Å²) in [5, 5.41) is 17.1. The van der Waals surface area contributed by atoms with Crippen LogP contribution in [0.25, 0.3) is 0 Å². The molecule has 0 amide bonds. The SMILES string of the molecule is O=C(O)c1ccc(S)cc1.O=C(O)c1ccc(SCCCl)cc1. The third-order valence-electron chi connectivity index (χ3n) is 2.56. The standard InChI is InChI=1S/C9H9ClO2S.C7H6O2S/c10-5-6-13-8-3-1-7(2-4-8)9(11)12;8-7(9)5-1-3-6(10)4-2-5/h1-4H,5-6H2,(H,11,12);1-4,10H,(H,8,9). The minimum absolute atomic E-state index is 0.290. The molecule has 0 heterocycles. The molecule has 0 aromatic heterocycles. The number of carboxylic acids is 2. The largest absolute Gasteiger partial charge is 0.478 e. The maximum Gasteiger partial charge on any atom is 0.335 e. The van der Waals surface area contributed by atoms with Gasteiger partial charge in [0.05, 0.1) is 11.1 Å². The lowest BCUT2D eigenvalue weighted by Crippen LogP contribution is -1.94. The maximum absolute atomic E-state index is 10.5. The van der Waals surface area contributed by atoms with E-state index in [4.69, 9.17) is 21.8 Å². The van der Waals surface area contributed by atoms with Crippen LogP contribution in [0.15, 0.2) is 58.3 Å². The van der Waals surface area contributed by atoms with Crippen LogP contribution in [0.1, 0.15) is 20.7 Å². The van der Waals surface area contributed by atoms with Crippen molar-refractivity contribution in [2.24, 2.45) is 0 Å². The maximum atomic E-state index is 10.5. The lowest BCUT2D eigenvalue weighted by Gasteiger charge is -1.99. The summed E-state index contributed by atoms with van der Waals surface area (Å²) in [6, 6.07) is 13.1. The third kappa shape index (κ3) is 7.45. The molecule has 2 aromatic carbocycles. The van der Waals surface area contributed by atoms with E-state index in [0.717, 1.165) is 15.5 Å². The van der Waals surface area contributed by atoms with Crippen molar-refractivity contribution in [2.75, 3.05) is 11.6 Å². The predicted octanol–water partition coefficient (Wildman–Crippen LogP) is 4.39. The van der Waals surface area contributed by atoms with Crippen molar-refractivity contribution in [2.45, 2.75) is 9.79 Å². The molecule has 0 radical (unpaired) electrons. The van der Waals surface area contributed by atoms with Crippen LogP contribution >= 0.6 is 36.0 Å². The Balaban J connectivity index is 0.000000238. The first-order valence-corrected chi connectivity index (χ1v) is 8.45. The second-order valence-corrected chi connectivity index (χ2v) is 6.28. The van der Waals surface area contributed by atoms with Gasteiger partial charge < -0.3 is 10.2 Å².